The van der Waals surface area contributed by atoms with Crippen molar-refractivity contribution in [2.45, 2.75) is 31.7 Å². The van der Waals surface area contributed by atoms with Gasteiger partial charge in [0.25, 0.3) is 5.91 Å². The quantitative estimate of drug-likeness (QED) is 0.874. The van der Waals surface area contributed by atoms with E-state index in [1.54, 1.807) is 0 Å². The Labute approximate surface area is 160 Å². The molecule has 3 rings (SSSR count). The number of hydrogen-bond acceptors (Lipinski definition) is 4. The summed E-state index contributed by atoms with van der Waals surface area (Å²) in [7, 11) is -3.60. The van der Waals surface area contributed by atoms with Crippen LogP contribution >= 0.6 is 0 Å². The molecule has 0 aliphatic carbocycles. The van der Waals surface area contributed by atoms with Gasteiger partial charge in [0.1, 0.15) is 0 Å². The zero-order valence-corrected chi connectivity index (χ0v) is 16.5. The first-order chi connectivity index (χ1) is 12.8. The second kappa shape index (κ2) is 7.80. The molecule has 2 aromatic carbocycles. The van der Waals surface area contributed by atoms with Crippen LogP contribution in [0, 0.1) is 13.8 Å². The fourth-order valence-corrected chi connectivity index (χ4v) is 4.73. The third-order valence-electron chi connectivity index (χ3n) is 4.66. The number of nitrogens with zero attached hydrogens (tertiary/aromatic N) is 1. The number of anilines is 1. The third kappa shape index (κ3) is 4.21. The fourth-order valence-electron chi connectivity index (χ4n) is 3.13. The molecule has 1 aliphatic rings. The summed E-state index contributed by atoms with van der Waals surface area (Å²) in [4.78, 5) is 12.7. The van der Waals surface area contributed by atoms with Crippen molar-refractivity contribution >= 4 is 21.6 Å². The van der Waals surface area contributed by atoms with Gasteiger partial charge in [0.05, 0.1) is 18.1 Å². The molecule has 0 radical (unpaired) electrons. The average molecular weight is 388 g/mol. The van der Waals surface area contributed by atoms with E-state index in [0.29, 0.717) is 25.3 Å². The molecule has 2 aromatic rings. The van der Waals surface area contributed by atoms with E-state index in [1.807, 2.05) is 39.0 Å². The lowest BCUT2D eigenvalue weighted by atomic mass is 10.1. The third-order valence-corrected chi connectivity index (χ3v) is 6.69. The standard InChI is InChI=1S/C20H24N2O4S/c1-14-4-9-19(15(2)12-14)21-20(23)17-5-7-18(8-6-17)27(24,25)22-10-11-26-13-16(22)3/h4-9,12,16H,10-11,13H2,1-3H3,(H,21,23). The molecule has 1 N–H and O–H groups in total. The monoisotopic (exact) mass is 388 g/mol. The molecule has 1 unspecified atom stereocenters. The maximum Gasteiger partial charge on any atom is 0.255 e. The Morgan fingerprint density at radius 1 is 1.15 bits per heavy atom. The highest BCUT2D eigenvalue weighted by atomic mass is 32.2. The number of amides is 1. The van der Waals surface area contributed by atoms with Crippen molar-refractivity contribution in [2.24, 2.45) is 0 Å². The van der Waals surface area contributed by atoms with Gasteiger partial charge >= 0.3 is 0 Å². The van der Waals surface area contributed by atoms with E-state index >= 15 is 0 Å². The van der Waals surface area contributed by atoms with Crippen LogP contribution in [0.4, 0.5) is 5.69 Å². The van der Waals surface area contributed by atoms with Gasteiger partial charge in [-0.15, -0.1) is 0 Å². The van der Waals surface area contributed by atoms with Crippen molar-refractivity contribution in [1.29, 1.82) is 0 Å². The number of nitrogens with one attached hydrogen (secondary N) is 1. The first kappa shape index (κ1) is 19.5. The van der Waals surface area contributed by atoms with Crippen LogP contribution in [-0.4, -0.2) is 44.4 Å². The van der Waals surface area contributed by atoms with E-state index in [0.717, 1.165) is 16.8 Å². The number of sulfonamides is 1. The summed E-state index contributed by atoms with van der Waals surface area (Å²) in [6.07, 6.45) is 0. The van der Waals surface area contributed by atoms with Crippen molar-refractivity contribution < 1.29 is 17.9 Å². The zero-order chi connectivity index (χ0) is 19.6. The maximum absolute atomic E-state index is 12.8. The summed E-state index contributed by atoms with van der Waals surface area (Å²) in [5.41, 5.74) is 3.25. The second-order valence-electron chi connectivity index (χ2n) is 6.84. The predicted octanol–water partition coefficient (Wildman–Crippen LogP) is 2.97. The lowest BCUT2D eigenvalue weighted by Gasteiger charge is -2.32. The van der Waals surface area contributed by atoms with E-state index < -0.39 is 10.0 Å². The Hall–Kier alpha value is -2.22. The molecule has 6 nitrogen and oxygen atoms in total. The maximum atomic E-state index is 12.8. The number of carbonyl (C=O) groups excluding carboxylic acids is 1. The van der Waals surface area contributed by atoms with Gasteiger partial charge < -0.3 is 10.1 Å². The number of aryl methyl sites for hydroxylation is 2. The van der Waals surface area contributed by atoms with Crippen molar-refractivity contribution in [1.82, 2.24) is 4.31 Å². The molecular weight excluding hydrogens is 364 g/mol. The van der Waals surface area contributed by atoms with Gasteiger partial charge in [0, 0.05) is 23.8 Å². The number of rotatable bonds is 4. The van der Waals surface area contributed by atoms with Gasteiger partial charge in [-0.3, -0.25) is 4.79 Å². The molecule has 0 bridgehead atoms. The zero-order valence-electron chi connectivity index (χ0n) is 15.7. The van der Waals surface area contributed by atoms with Crippen molar-refractivity contribution in [3.8, 4) is 0 Å². The molecule has 0 spiro atoms. The van der Waals surface area contributed by atoms with Crippen LogP contribution in [0.1, 0.15) is 28.4 Å². The Bertz CT molecular complexity index is 939. The first-order valence-corrected chi connectivity index (χ1v) is 10.3. The van der Waals surface area contributed by atoms with E-state index in [1.165, 1.54) is 28.6 Å². The summed E-state index contributed by atoms with van der Waals surface area (Å²) >= 11 is 0. The molecule has 144 valence electrons. The highest BCUT2D eigenvalue weighted by Gasteiger charge is 2.31. The molecule has 1 amide bonds. The number of hydrogen-bond donors (Lipinski definition) is 1. The minimum Gasteiger partial charge on any atom is -0.378 e. The number of morpholine rings is 1. The van der Waals surface area contributed by atoms with Crippen LogP contribution in [0.25, 0.3) is 0 Å². The SMILES string of the molecule is Cc1ccc(NC(=O)c2ccc(S(=O)(=O)N3CCOCC3C)cc2)c(C)c1. The minimum absolute atomic E-state index is 0.180. The van der Waals surface area contributed by atoms with Crippen LogP contribution in [-0.2, 0) is 14.8 Å². The van der Waals surface area contributed by atoms with Crippen LogP contribution in [0.2, 0.25) is 0 Å². The lowest BCUT2D eigenvalue weighted by Crippen LogP contribution is -2.46. The van der Waals surface area contributed by atoms with Gasteiger partial charge in [-0.2, -0.15) is 4.31 Å². The summed E-state index contributed by atoms with van der Waals surface area (Å²) in [5, 5.41) is 2.87. The van der Waals surface area contributed by atoms with E-state index in [2.05, 4.69) is 5.32 Å². The predicted molar refractivity (Wildman–Crippen MR) is 104 cm³/mol. The number of carbonyl (C=O) groups is 1. The van der Waals surface area contributed by atoms with Crippen LogP contribution < -0.4 is 5.32 Å². The Kier molecular flexibility index (Phi) is 5.64. The fraction of sp³-hybridized carbons (Fsp3) is 0.350. The van der Waals surface area contributed by atoms with E-state index in [4.69, 9.17) is 4.74 Å². The lowest BCUT2D eigenvalue weighted by molar-refractivity contribution is 0.0393. The highest BCUT2D eigenvalue weighted by molar-refractivity contribution is 7.89. The van der Waals surface area contributed by atoms with Crippen molar-refractivity contribution in [3.63, 3.8) is 0 Å². The molecule has 7 heteroatoms. The topological polar surface area (TPSA) is 75.7 Å². The Morgan fingerprint density at radius 2 is 1.85 bits per heavy atom. The minimum atomic E-state index is -3.60. The van der Waals surface area contributed by atoms with Gasteiger partial charge in [0.2, 0.25) is 10.0 Å². The smallest absolute Gasteiger partial charge is 0.255 e. The summed E-state index contributed by atoms with van der Waals surface area (Å²) < 4.78 is 32.4. The van der Waals surface area contributed by atoms with Crippen LogP contribution in [0.3, 0.4) is 0 Å². The van der Waals surface area contributed by atoms with Crippen LogP contribution in [0.5, 0.6) is 0 Å². The Morgan fingerprint density at radius 3 is 2.48 bits per heavy atom. The summed E-state index contributed by atoms with van der Waals surface area (Å²) in [5.74, 6) is -0.273. The van der Waals surface area contributed by atoms with E-state index in [9.17, 15) is 13.2 Å². The molecule has 27 heavy (non-hydrogen) atoms. The largest absolute Gasteiger partial charge is 0.378 e. The first-order valence-electron chi connectivity index (χ1n) is 8.87. The summed E-state index contributed by atoms with van der Waals surface area (Å²) in [6.45, 7) is 6.85. The Balaban J connectivity index is 1.77. The number of benzene rings is 2. The number of ether oxygens (including phenoxy) is 1. The van der Waals surface area contributed by atoms with Gasteiger partial charge in [-0.1, -0.05) is 17.7 Å². The molecule has 1 fully saturated rings. The molecule has 1 atom stereocenters. The molecule has 1 heterocycles. The highest BCUT2D eigenvalue weighted by Crippen LogP contribution is 2.22. The normalized spacial score (nSPS) is 18.3. The molecule has 1 aliphatic heterocycles. The van der Waals surface area contributed by atoms with Gasteiger partial charge in [-0.25, -0.2) is 8.42 Å². The molecule has 1 saturated heterocycles. The molecule has 0 aromatic heterocycles. The van der Waals surface area contributed by atoms with Crippen molar-refractivity contribution in [2.75, 3.05) is 25.1 Å². The van der Waals surface area contributed by atoms with E-state index in [-0.39, 0.29) is 16.8 Å². The molecule has 0 saturated carbocycles. The van der Waals surface area contributed by atoms with Gasteiger partial charge in [0.15, 0.2) is 0 Å². The van der Waals surface area contributed by atoms with Crippen LogP contribution in [0.15, 0.2) is 47.4 Å². The van der Waals surface area contributed by atoms with Crippen molar-refractivity contribution in [3.05, 3.63) is 59.2 Å². The van der Waals surface area contributed by atoms with Gasteiger partial charge in [-0.05, 0) is 56.7 Å². The summed E-state index contributed by atoms with van der Waals surface area (Å²) in [6, 6.07) is 11.6. The average Bonchev–Trinajstić information content (AvgIpc) is 2.64. The second-order valence-corrected chi connectivity index (χ2v) is 8.73. The molecular formula is C20H24N2O4S.